The molecule has 0 aromatic heterocycles. The molecule has 0 atom stereocenters. The molecule has 0 radical (unpaired) electrons. The molecule has 1 saturated heterocycles. The maximum absolute atomic E-state index is 11.1. The number of benzene rings is 1. The zero-order valence-corrected chi connectivity index (χ0v) is 12.8. The van der Waals surface area contributed by atoms with Crippen LogP contribution in [0.1, 0.15) is 19.8 Å². The third-order valence-electron chi connectivity index (χ3n) is 3.89. The molecule has 6 nitrogen and oxygen atoms in total. The van der Waals surface area contributed by atoms with Gasteiger partial charge in [-0.2, -0.15) is 0 Å². The molecule has 1 aromatic carbocycles. The predicted octanol–water partition coefficient (Wildman–Crippen LogP) is 2.56. The Kier molecular flexibility index (Phi) is 5.38. The second kappa shape index (κ2) is 7.26. The Morgan fingerprint density at radius 2 is 2.05 bits per heavy atom. The van der Waals surface area contributed by atoms with Crippen molar-refractivity contribution in [3.8, 4) is 0 Å². The van der Waals surface area contributed by atoms with Gasteiger partial charge in [-0.05, 0) is 38.9 Å². The predicted molar refractivity (Wildman–Crippen MR) is 86.2 cm³/mol. The van der Waals surface area contributed by atoms with Crippen LogP contribution in [0.5, 0.6) is 0 Å². The number of nitro groups is 1. The number of hydrogen-bond donors (Lipinski definition) is 1. The number of nitro benzene ring substituents is 1. The summed E-state index contributed by atoms with van der Waals surface area (Å²) in [6, 6.07) is 5.20. The normalized spacial score (nSPS) is 15.1. The van der Waals surface area contributed by atoms with E-state index in [1.165, 1.54) is 25.9 Å². The summed E-state index contributed by atoms with van der Waals surface area (Å²) in [6.07, 6.45) is 2.57. The Hall–Kier alpha value is -1.82. The molecule has 1 heterocycles. The summed E-state index contributed by atoms with van der Waals surface area (Å²) in [7, 11) is 1.99. The second-order valence-electron chi connectivity index (χ2n) is 5.50. The van der Waals surface area contributed by atoms with Gasteiger partial charge in [0.05, 0.1) is 4.92 Å². The maximum atomic E-state index is 11.1. The van der Waals surface area contributed by atoms with Gasteiger partial charge in [0.1, 0.15) is 0 Å². The van der Waals surface area contributed by atoms with Gasteiger partial charge in [0.2, 0.25) is 0 Å². The number of nitrogens with zero attached hydrogens (tertiary/aromatic N) is 3. The number of hydrogen-bond acceptors (Lipinski definition) is 5. The molecule has 0 unspecified atom stereocenters. The molecule has 1 N–H and O–H groups in total. The molecule has 1 aliphatic rings. The first-order valence-electron chi connectivity index (χ1n) is 7.57. The fourth-order valence-corrected chi connectivity index (χ4v) is 2.65. The van der Waals surface area contributed by atoms with Crippen LogP contribution in [0.4, 0.5) is 17.1 Å². The lowest BCUT2D eigenvalue weighted by Gasteiger charge is -2.23. The van der Waals surface area contributed by atoms with Gasteiger partial charge in [0, 0.05) is 50.2 Å². The topological polar surface area (TPSA) is 61.6 Å². The average molecular weight is 292 g/mol. The second-order valence-corrected chi connectivity index (χ2v) is 5.50. The van der Waals surface area contributed by atoms with Crippen LogP contribution >= 0.6 is 0 Å². The molecule has 0 amide bonds. The maximum Gasteiger partial charge on any atom is 0.273 e. The molecule has 0 saturated carbocycles. The summed E-state index contributed by atoms with van der Waals surface area (Å²) in [5.41, 5.74) is 1.82. The number of likely N-dealkylation sites (tertiary alicyclic amines) is 1. The van der Waals surface area contributed by atoms with E-state index < -0.39 is 0 Å². The zero-order valence-electron chi connectivity index (χ0n) is 12.8. The van der Waals surface area contributed by atoms with Gasteiger partial charge in [-0.15, -0.1) is 0 Å². The third kappa shape index (κ3) is 4.32. The van der Waals surface area contributed by atoms with E-state index in [1.54, 1.807) is 12.1 Å². The van der Waals surface area contributed by atoms with E-state index in [9.17, 15) is 10.1 Å². The van der Waals surface area contributed by atoms with Crippen LogP contribution in [0, 0.1) is 10.1 Å². The van der Waals surface area contributed by atoms with Gasteiger partial charge in [-0.1, -0.05) is 0 Å². The standard InChI is InChI=1S/C15H24N4O2/c1-3-16-13-10-14(12-15(11-13)19(20)21)17(2)8-9-18-6-4-5-7-18/h10-12,16H,3-9H2,1-2H3. The average Bonchev–Trinajstić information content (AvgIpc) is 2.98. The van der Waals surface area contributed by atoms with Crippen molar-refractivity contribution < 1.29 is 4.92 Å². The molecule has 1 aromatic rings. The highest BCUT2D eigenvalue weighted by Crippen LogP contribution is 2.26. The first-order valence-corrected chi connectivity index (χ1v) is 7.57. The summed E-state index contributed by atoms with van der Waals surface area (Å²) >= 11 is 0. The Morgan fingerprint density at radius 1 is 1.33 bits per heavy atom. The fraction of sp³-hybridized carbons (Fsp3) is 0.600. The van der Waals surface area contributed by atoms with Crippen LogP contribution in [-0.4, -0.2) is 49.6 Å². The molecule has 0 aliphatic carbocycles. The number of rotatable bonds is 7. The van der Waals surface area contributed by atoms with E-state index in [0.717, 1.165) is 31.0 Å². The van der Waals surface area contributed by atoms with E-state index in [1.807, 2.05) is 20.0 Å². The highest BCUT2D eigenvalue weighted by molar-refractivity contribution is 5.64. The van der Waals surface area contributed by atoms with Crippen molar-refractivity contribution in [3.63, 3.8) is 0 Å². The van der Waals surface area contributed by atoms with E-state index in [0.29, 0.717) is 0 Å². The number of non-ortho nitro benzene ring substituents is 1. The molecule has 0 spiro atoms. The van der Waals surface area contributed by atoms with Gasteiger partial charge in [0.25, 0.3) is 5.69 Å². The van der Waals surface area contributed by atoms with Crippen molar-refractivity contribution in [2.45, 2.75) is 19.8 Å². The van der Waals surface area contributed by atoms with Gasteiger partial charge in [-0.3, -0.25) is 10.1 Å². The van der Waals surface area contributed by atoms with Crippen LogP contribution in [0.3, 0.4) is 0 Å². The van der Waals surface area contributed by atoms with Crippen LogP contribution in [0.15, 0.2) is 18.2 Å². The van der Waals surface area contributed by atoms with Gasteiger partial charge in [0.15, 0.2) is 0 Å². The Bertz CT molecular complexity index is 487. The third-order valence-corrected chi connectivity index (χ3v) is 3.89. The number of likely N-dealkylation sites (N-methyl/N-ethyl adjacent to an activating group) is 1. The number of nitrogens with one attached hydrogen (secondary N) is 1. The van der Waals surface area contributed by atoms with Gasteiger partial charge in [-0.25, -0.2) is 0 Å². The fourth-order valence-electron chi connectivity index (χ4n) is 2.65. The summed E-state index contributed by atoms with van der Waals surface area (Å²) in [4.78, 5) is 15.2. The molecule has 21 heavy (non-hydrogen) atoms. The van der Waals surface area contributed by atoms with Crippen molar-refractivity contribution in [1.29, 1.82) is 0 Å². The van der Waals surface area contributed by atoms with Crippen molar-refractivity contribution in [2.24, 2.45) is 0 Å². The quantitative estimate of drug-likeness (QED) is 0.618. The highest BCUT2D eigenvalue weighted by Gasteiger charge is 2.15. The van der Waals surface area contributed by atoms with E-state index in [-0.39, 0.29) is 10.6 Å². The van der Waals surface area contributed by atoms with Crippen molar-refractivity contribution in [2.75, 3.05) is 50.0 Å². The summed E-state index contributed by atoms with van der Waals surface area (Å²) in [5, 5.41) is 14.2. The number of anilines is 2. The van der Waals surface area contributed by atoms with Crippen LogP contribution in [0.25, 0.3) is 0 Å². The lowest BCUT2D eigenvalue weighted by molar-refractivity contribution is -0.384. The highest BCUT2D eigenvalue weighted by atomic mass is 16.6. The van der Waals surface area contributed by atoms with E-state index in [4.69, 9.17) is 0 Å². The molecule has 116 valence electrons. The molecule has 0 bridgehead atoms. The Balaban J connectivity index is 2.06. The van der Waals surface area contributed by atoms with Crippen molar-refractivity contribution in [1.82, 2.24) is 4.90 Å². The lowest BCUT2D eigenvalue weighted by Crippen LogP contribution is -2.31. The summed E-state index contributed by atoms with van der Waals surface area (Å²) in [5.74, 6) is 0. The lowest BCUT2D eigenvalue weighted by atomic mass is 10.2. The Labute approximate surface area is 125 Å². The van der Waals surface area contributed by atoms with E-state index in [2.05, 4.69) is 15.1 Å². The smallest absolute Gasteiger partial charge is 0.273 e. The van der Waals surface area contributed by atoms with E-state index >= 15 is 0 Å². The van der Waals surface area contributed by atoms with Crippen molar-refractivity contribution in [3.05, 3.63) is 28.3 Å². The molecular formula is C15H24N4O2. The summed E-state index contributed by atoms with van der Waals surface area (Å²) < 4.78 is 0. The molecule has 6 heteroatoms. The first kappa shape index (κ1) is 15.6. The minimum Gasteiger partial charge on any atom is -0.385 e. The minimum atomic E-state index is -0.335. The van der Waals surface area contributed by atoms with Crippen LogP contribution < -0.4 is 10.2 Å². The van der Waals surface area contributed by atoms with Crippen molar-refractivity contribution >= 4 is 17.1 Å². The molecule has 1 aliphatic heterocycles. The Morgan fingerprint density at radius 3 is 2.67 bits per heavy atom. The van der Waals surface area contributed by atoms with Crippen LogP contribution in [0.2, 0.25) is 0 Å². The monoisotopic (exact) mass is 292 g/mol. The largest absolute Gasteiger partial charge is 0.385 e. The molecule has 2 rings (SSSR count). The molecule has 1 fully saturated rings. The van der Waals surface area contributed by atoms with Gasteiger partial charge >= 0.3 is 0 Å². The van der Waals surface area contributed by atoms with Gasteiger partial charge < -0.3 is 15.1 Å². The SMILES string of the molecule is CCNc1cc(N(C)CCN2CCCC2)cc([N+](=O)[O-])c1. The van der Waals surface area contributed by atoms with Crippen LogP contribution in [-0.2, 0) is 0 Å². The minimum absolute atomic E-state index is 0.136. The summed E-state index contributed by atoms with van der Waals surface area (Å²) in [6.45, 7) is 6.97. The first-order chi connectivity index (χ1) is 10.1. The zero-order chi connectivity index (χ0) is 15.2. The molecular weight excluding hydrogens is 268 g/mol.